The van der Waals surface area contributed by atoms with Gasteiger partial charge in [-0.1, -0.05) is 11.3 Å². The molecular formula is C18H20N8O. The first-order chi connectivity index (χ1) is 13.1. The molecule has 1 atom stereocenters. The lowest BCUT2D eigenvalue weighted by atomic mass is 10.1. The van der Waals surface area contributed by atoms with Gasteiger partial charge in [0.1, 0.15) is 11.3 Å². The summed E-state index contributed by atoms with van der Waals surface area (Å²) in [6.45, 7) is 2.39. The monoisotopic (exact) mass is 364 g/mol. The number of aromatic nitrogens is 7. The summed E-state index contributed by atoms with van der Waals surface area (Å²) in [6, 6.07) is 9.63. The standard InChI is InChI=1S/C18H20N8O/c1-12(27)7-10-26-16-4-3-13(11-15(16)23-24-26)14-5-8-19-18(21-14)22-17-6-9-20-25(17)2/h3-6,8-9,11-12,27H,7,10H2,1-2H3,(H,19,21,22). The van der Waals surface area contributed by atoms with Crippen LogP contribution in [0.4, 0.5) is 11.8 Å². The van der Waals surface area contributed by atoms with Crippen LogP contribution in [-0.2, 0) is 13.6 Å². The Labute approximate surface area is 155 Å². The van der Waals surface area contributed by atoms with Crippen molar-refractivity contribution in [3.63, 3.8) is 0 Å². The molecule has 0 aliphatic heterocycles. The molecule has 0 radical (unpaired) electrons. The van der Waals surface area contributed by atoms with Crippen molar-refractivity contribution >= 4 is 22.8 Å². The zero-order valence-corrected chi connectivity index (χ0v) is 15.1. The van der Waals surface area contributed by atoms with Gasteiger partial charge in [0, 0.05) is 31.4 Å². The van der Waals surface area contributed by atoms with E-state index in [4.69, 9.17) is 0 Å². The molecule has 0 saturated heterocycles. The maximum atomic E-state index is 9.46. The van der Waals surface area contributed by atoms with Crippen molar-refractivity contribution in [3.8, 4) is 11.3 Å². The summed E-state index contributed by atoms with van der Waals surface area (Å²) in [6.07, 6.45) is 3.69. The second kappa shape index (κ2) is 7.12. The number of rotatable bonds is 6. The number of hydrogen-bond acceptors (Lipinski definition) is 7. The first kappa shape index (κ1) is 17.1. The first-order valence-electron chi connectivity index (χ1n) is 8.70. The Bertz CT molecular complexity index is 1070. The number of nitrogens with one attached hydrogen (secondary N) is 1. The van der Waals surface area contributed by atoms with Crippen LogP contribution in [0, 0.1) is 0 Å². The molecule has 27 heavy (non-hydrogen) atoms. The SMILES string of the molecule is CC(O)CCn1nnc2cc(-c3ccnc(Nc4ccnn4C)n3)ccc21. The molecule has 1 unspecified atom stereocenters. The number of aryl methyl sites for hydroxylation is 2. The number of fused-ring (bicyclic) bond motifs is 1. The van der Waals surface area contributed by atoms with E-state index < -0.39 is 0 Å². The fourth-order valence-corrected chi connectivity index (χ4v) is 2.80. The molecule has 1 aromatic carbocycles. The molecule has 0 aliphatic rings. The van der Waals surface area contributed by atoms with Crippen LogP contribution in [0.3, 0.4) is 0 Å². The fourth-order valence-electron chi connectivity index (χ4n) is 2.80. The van der Waals surface area contributed by atoms with Gasteiger partial charge in [-0.3, -0.25) is 4.68 Å². The molecular weight excluding hydrogens is 344 g/mol. The average molecular weight is 364 g/mol. The highest BCUT2D eigenvalue weighted by Gasteiger charge is 2.09. The van der Waals surface area contributed by atoms with Gasteiger partial charge in [-0.2, -0.15) is 5.10 Å². The number of hydrogen-bond donors (Lipinski definition) is 2. The highest BCUT2D eigenvalue weighted by atomic mass is 16.3. The Morgan fingerprint density at radius 2 is 2.07 bits per heavy atom. The number of aliphatic hydroxyl groups is 1. The van der Waals surface area contributed by atoms with E-state index in [1.807, 2.05) is 37.4 Å². The van der Waals surface area contributed by atoms with Gasteiger partial charge < -0.3 is 10.4 Å². The summed E-state index contributed by atoms with van der Waals surface area (Å²) < 4.78 is 3.52. The van der Waals surface area contributed by atoms with Crippen molar-refractivity contribution in [2.75, 3.05) is 5.32 Å². The maximum Gasteiger partial charge on any atom is 0.228 e. The van der Waals surface area contributed by atoms with Crippen molar-refractivity contribution in [2.45, 2.75) is 26.0 Å². The molecule has 138 valence electrons. The topological polar surface area (TPSA) is 107 Å². The summed E-state index contributed by atoms with van der Waals surface area (Å²) in [5, 5.41) is 25.2. The molecule has 3 aromatic heterocycles. The lowest BCUT2D eigenvalue weighted by Gasteiger charge is -2.07. The van der Waals surface area contributed by atoms with E-state index in [2.05, 4.69) is 30.7 Å². The third-order valence-corrected chi connectivity index (χ3v) is 4.28. The van der Waals surface area contributed by atoms with Gasteiger partial charge in [0.15, 0.2) is 0 Å². The van der Waals surface area contributed by atoms with Crippen LogP contribution in [-0.4, -0.2) is 46.0 Å². The second-order valence-electron chi connectivity index (χ2n) is 6.38. The van der Waals surface area contributed by atoms with Crippen LogP contribution in [0.5, 0.6) is 0 Å². The summed E-state index contributed by atoms with van der Waals surface area (Å²) in [5.41, 5.74) is 3.44. The number of aliphatic hydroxyl groups excluding tert-OH is 1. The first-order valence-corrected chi connectivity index (χ1v) is 8.70. The van der Waals surface area contributed by atoms with Gasteiger partial charge in [-0.25, -0.2) is 14.6 Å². The van der Waals surface area contributed by atoms with Gasteiger partial charge >= 0.3 is 0 Å². The zero-order chi connectivity index (χ0) is 18.8. The third-order valence-electron chi connectivity index (χ3n) is 4.28. The lowest BCUT2D eigenvalue weighted by molar-refractivity contribution is 0.176. The normalized spacial score (nSPS) is 12.4. The van der Waals surface area contributed by atoms with Crippen LogP contribution in [0.25, 0.3) is 22.3 Å². The minimum absolute atomic E-state index is 0.366. The third kappa shape index (κ3) is 3.63. The molecule has 0 spiro atoms. The van der Waals surface area contributed by atoms with Crippen molar-refractivity contribution < 1.29 is 5.11 Å². The summed E-state index contributed by atoms with van der Waals surface area (Å²) in [4.78, 5) is 8.85. The van der Waals surface area contributed by atoms with Crippen molar-refractivity contribution in [1.29, 1.82) is 0 Å². The van der Waals surface area contributed by atoms with Crippen molar-refractivity contribution in [2.24, 2.45) is 7.05 Å². The Kier molecular flexibility index (Phi) is 4.51. The summed E-state index contributed by atoms with van der Waals surface area (Å²) >= 11 is 0. The zero-order valence-electron chi connectivity index (χ0n) is 15.1. The fraction of sp³-hybridized carbons (Fsp3) is 0.278. The minimum Gasteiger partial charge on any atom is -0.393 e. The van der Waals surface area contributed by atoms with Crippen LogP contribution in [0.2, 0.25) is 0 Å². The molecule has 0 amide bonds. The van der Waals surface area contributed by atoms with E-state index in [0.717, 1.165) is 28.1 Å². The molecule has 4 aromatic rings. The van der Waals surface area contributed by atoms with E-state index >= 15 is 0 Å². The Morgan fingerprint density at radius 3 is 2.85 bits per heavy atom. The van der Waals surface area contributed by atoms with Crippen molar-refractivity contribution in [3.05, 3.63) is 42.7 Å². The molecule has 4 rings (SSSR count). The van der Waals surface area contributed by atoms with Gasteiger partial charge in [-0.05, 0) is 31.5 Å². The van der Waals surface area contributed by atoms with Gasteiger partial charge in [0.25, 0.3) is 0 Å². The summed E-state index contributed by atoms with van der Waals surface area (Å²) in [7, 11) is 1.85. The molecule has 9 nitrogen and oxygen atoms in total. The molecule has 9 heteroatoms. The second-order valence-corrected chi connectivity index (χ2v) is 6.38. The highest BCUT2D eigenvalue weighted by molar-refractivity contribution is 5.80. The number of anilines is 2. The Balaban J connectivity index is 1.60. The Morgan fingerprint density at radius 1 is 1.19 bits per heavy atom. The molecule has 2 N–H and O–H groups in total. The molecule has 0 fully saturated rings. The van der Waals surface area contributed by atoms with E-state index in [0.29, 0.717) is 18.9 Å². The predicted molar refractivity (Wildman–Crippen MR) is 101 cm³/mol. The van der Waals surface area contributed by atoms with Crippen LogP contribution >= 0.6 is 0 Å². The molecule has 3 heterocycles. The van der Waals surface area contributed by atoms with E-state index in [-0.39, 0.29) is 6.10 Å². The van der Waals surface area contributed by atoms with E-state index in [9.17, 15) is 5.11 Å². The summed E-state index contributed by atoms with van der Waals surface area (Å²) in [5.74, 6) is 1.31. The molecule has 0 aliphatic carbocycles. The predicted octanol–water partition coefficient (Wildman–Crippen LogP) is 2.14. The van der Waals surface area contributed by atoms with Gasteiger partial charge in [-0.15, -0.1) is 5.10 Å². The van der Waals surface area contributed by atoms with E-state index in [1.165, 1.54) is 0 Å². The van der Waals surface area contributed by atoms with Crippen LogP contribution in [0.15, 0.2) is 42.7 Å². The van der Waals surface area contributed by atoms with Crippen LogP contribution < -0.4 is 5.32 Å². The van der Waals surface area contributed by atoms with Gasteiger partial charge in [0.05, 0.1) is 23.5 Å². The van der Waals surface area contributed by atoms with Gasteiger partial charge in [0.2, 0.25) is 5.95 Å². The number of nitrogens with zero attached hydrogens (tertiary/aromatic N) is 7. The number of benzene rings is 1. The molecule has 0 bridgehead atoms. The Hall–Kier alpha value is -3.33. The lowest BCUT2D eigenvalue weighted by Crippen LogP contribution is -2.08. The minimum atomic E-state index is -0.366. The largest absolute Gasteiger partial charge is 0.393 e. The molecule has 0 saturated carbocycles. The smallest absolute Gasteiger partial charge is 0.228 e. The maximum absolute atomic E-state index is 9.46. The van der Waals surface area contributed by atoms with E-state index in [1.54, 1.807) is 28.7 Å². The van der Waals surface area contributed by atoms with Crippen molar-refractivity contribution in [1.82, 2.24) is 34.7 Å². The van der Waals surface area contributed by atoms with Crippen LogP contribution in [0.1, 0.15) is 13.3 Å². The quantitative estimate of drug-likeness (QED) is 0.540. The average Bonchev–Trinajstić information content (AvgIpc) is 3.26. The highest BCUT2D eigenvalue weighted by Crippen LogP contribution is 2.23.